The van der Waals surface area contributed by atoms with Crippen LogP contribution in [0.3, 0.4) is 0 Å². The van der Waals surface area contributed by atoms with Crippen LogP contribution < -0.4 is 5.32 Å². The Morgan fingerprint density at radius 1 is 1.53 bits per heavy atom. The number of rotatable bonds is 7. The lowest BCUT2D eigenvalue weighted by atomic mass is 9.77. The maximum absolute atomic E-state index is 6.16. The largest absolute Gasteiger partial charge is 0.378 e. The first-order valence-electron chi connectivity index (χ1n) is 7.10. The van der Waals surface area contributed by atoms with E-state index in [1.807, 2.05) is 19.3 Å². The number of hydrogen-bond donors (Lipinski definition) is 1. The van der Waals surface area contributed by atoms with Crippen molar-refractivity contribution in [2.24, 2.45) is 5.92 Å². The van der Waals surface area contributed by atoms with E-state index in [-0.39, 0.29) is 0 Å². The second kappa shape index (κ2) is 7.22. The number of halogens is 1. The van der Waals surface area contributed by atoms with E-state index in [9.17, 15) is 0 Å². The van der Waals surface area contributed by atoms with E-state index in [1.165, 1.54) is 24.8 Å². The minimum absolute atomic E-state index is 0.479. The quantitative estimate of drug-likeness (QED) is 0.835. The second-order valence-corrected chi connectivity index (χ2v) is 5.71. The monoisotopic (exact) mass is 282 g/mol. The Labute approximate surface area is 120 Å². The van der Waals surface area contributed by atoms with Crippen molar-refractivity contribution in [2.75, 3.05) is 13.7 Å². The highest BCUT2D eigenvalue weighted by atomic mass is 35.5. The molecule has 1 heterocycles. The van der Waals surface area contributed by atoms with Crippen LogP contribution in [0.25, 0.3) is 0 Å². The highest BCUT2D eigenvalue weighted by Gasteiger charge is 2.31. The first-order valence-corrected chi connectivity index (χ1v) is 7.48. The fraction of sp³-hybridized carbons (Fsp3) is 0.667. The van der Waals surface area contributed by atoms with Gasteiger partial charge in [-0.15, -0.1) is 0 Å². The van der Waals surface area contributed by atoms with Crippen LogP contribution in [0.5, 0.6) is 0 Å². The van der Waals surface area contributed by atoms with E-state index >= 15 is 0 Å². The maximum atomic E-state index is 6.16. The van der Waals surface area contributed by atoms with Crippen LogP contribution in [0, 0.1) is 5.92 Å². The lowest BCUT2D eigenvalue weighted by Gasteiger charge is -2.37. The molecule has 1 unspecified atom stereocenters. The van der Waals surface area contributed by atoms with Gasteiger partial charge in [-0.05, 0) is 57.2 Å². The lowest BCUT2D eigenvalue weighted by Crippen LogP contribution is -2.38. The summed E-state index contributed by atoms with van der Waals surface area (Å²) in [6.45, 7) is 2.90. The number of nitrogens with one attached hydrogen (secondary N) is 1. The summed E-state index contributed by atoms with van der Waals surface area (Å²) in [4.78, 5) is 4.03. The molecule has 0 spiro atoms. The van der Waals surface area contributed by atoms with E-state index < -0.39 is 0 Å². The van der Waals surface area contributed by atoms with Gasteiger partial charge in [0.2, 0.25) is 0 Å². The van der Waals surface area contributed by atoms with E-state index in [1.54, 1.807) is 6.20 Å². The van der Waals surface area contributed by atoms with Crippen molar-refractivity contribution in [1.82, 2.24) is 10.3 Å². The van der Waals surface area contributed by atoms with Crippen molar-refractivity contribution in [3.05, 3.63) is 29.0 Å². The summed E-state index contributed by atoms with van der Waals surface area (Å²) >= 11 is 6.16. The van der Waals surface area contributed by atoms with Crippen LogP contribution in [-0.4, -0.2) is 30.8 Å². The highest BCUT2D eigenvalue weighted by molar-refractivity contribution is 6.31. The van der Waals surface area contributed by atoms with Crippen molar-refractivity contribution in [2.45, 2.75) is 44.8 Å². The Kier molecular flexibility index (Phi) is 5.61. The molecule has 106 valence electrons. The molecule has 0 bridgehead atoms. The summed E-state index contributed by atoms with van der Waals surface area (Å²) in [6, 6.07) is 2.49. The first kappa shape index (κ1) is 14.8. The van der Waals surface area contributed by atoms with E-state index in [0.29, 0.717) is 12.1 Å². The molecule has 1 aromatic heterocycles. The average Bonchev–Trinajstić information content (AvgIpc) is 2.37. The molecule has 1 aromatic rings. The zero-order valence-electron chi connectivity index (χ0n) is 11.7. The predicted octanol–water partition coefficient (Wildman–Crippen LogP) is 3.07. The van der Waals surface area contributed by atoms with Gasteiger partial charge >= 0.3 is 0 Å². The zero-order chi connectivity index (χ0) is 13.7. The highest BCUT2D eigenvalue weighted by Crippen LogP contribution is 2.34. The molecular formula is C15H23ClN2O. The normalized spacial score (nSPS) is 23.9. The van der Waals surface area contributed by atoms with Crippen molar-refractivity contribution in [3.63, 3.8) is 0 Å². The molecule has 1 N–H and O–H groups in total. The minimum Gasteiger partial charge on any atom is -0.378 e. The molecule has 1 atom stereocenters. The summed E-state index contributed by atoms with van der Waals surface area (Å²) in [5.41, 5.74) is 1.18. The smallest absolute Gasteiger partial charge is 0.0621 e. The van der Waals surface area contributed by atoms with Crippen molar-refractivity contribution in [1.29, 1.82) is 0 Å². The van der Waals surface area contributed by atoms with Crippen LogP contribution in [0.2, 0.25) is 5.02 Å². The van der Waals surface area contributed by atoms with Crippen LogP contribution in [0.1, 0.15) is 31.7 Å². The topological polar surface area (TPSA) is 34.1 Å². The zero-order valence-corrected chi connectivity index (χ0v) is 12.5. The number of aromatic nitrogens is 1. The van der Waals surface area contributed by atoms with Crippen LogP contribution in [-0.2, 0) is 11.2 Å². The number of hydrogen-bond acceptors (Lipinski definition) is 3. The van der Waals surface area contributed by atoms with Crippen molar-refractivity contribution >= 4 is 11.6 Å². The molecule has 1 saturated carbocycles. The third kappa shape index (κ3) is 4.16. The fourth-order valence-corrected chi connectivity index (χ4v) is 2.98. The van der Waals surface area contributed by atoms with Crippen LogP contribution in [0.15, 0.2) is 18.5 Å². The standard InChI is InChI=1S/C15H23ClN2O/c1-3-19-14-7-11(8-14)6-13(17-2)9-12-4-5-18-10-15(12)16/h4-5,10-11,13-14,17H,3,6-9H2,1-2H3. The van der Waals surface area contributed by atoms with Gasteiger partial charge in [-0.25, -0.2) is 0 Å². The lowest BCUT2D eigenvalue weighted by molar-refractivity contribution is -0.0288. The average molecular weight is 283 g/mol. The Hall–Kier alpha value is -0.640. The number of pyridine rings is 1. The summed E-state index contributed by atoms with van der Waals surface area (Å²) in [6.07, 6.45) is 8.59. The molecule has 1 fully saturated rings. The van der Waals surface area contributed by atoms with Crippen LogP contribution in [0.4, 0.5) is 0 Å². The summed E-state index contributed by atoms with van der Waals surface area (Å²) in [5, 5.41) is 4.17. The van der Waals surface area contributed by atoms with E-state index in [4.69, 9.17) is 16.3 Å². The van der Waals surface area contributed by atoms with Crippen LogP contribution >= 0.6 is 11.6 Å². The number of ether oxygens (including phenoxy) is 1. The van der Waals surface area contributed by atoms with Gasteiger partial charge in [0.15, 0.2) is 0 Å². The summed E-state index contributed by atoms with van der Waals surface area (Å²) < 4.78 is 5.61. The van der Waals surface area contributed by atoms with Gasteiger partial charge in [-0.1, -0.05) is 11.6 Å². The molecular weight excluding hydrogens is 260 g/mol. The molecule has 19 heavy (non-hydrogen) atoms. The third-order valence-corrected chi connectivity index (χ3v) is 4.28. The van der Waals surface area contributed by atoms with Gasteiger partial charge in [0.1, 0.15) is 0 Å². The van der Waals surface area contributed by atoms with Gasteiger partial charge in [0.05, 0.1) is 11.1 Å². The molecule has 0 radical (unpaired) electrons. The maximum Gasteiger partial charge on any atom is 0.0621 e. The molecule has 4 heteroatoms. The molecule has 1 aliphatic carbocycles. The minimum atomic E-state index is 0.479. The van der Waals surface area contributed by atoms with Gasteiger partial charge in [-0.2, -0.15) is 0 Å². The number of likely N-dealkylation sites (N-methyl/N-ethyl adjacent to an activating group) is 1. The Morgan fingerprint density at radius 2 is 2.32 bits per heavy atom. The Morgan fingerprint density at radius 3 is 2.95 bits per heavy atom. The SMILES string of the molecule is CCOC1CC(CC(Cc2ccncc2Cl)NC)C1. The second-order valence-electron chi connectivity index (χ2n) is 5.31. The fourth-order valence-electron chi connectivity index (χ4n) is 2.78. The molecule has 1 aliphatic rings. The van der Waals surface area contributed by atoms with Crippen molar-refractivity contribution in [3.8, 4) is 0 Å². The van der Waals surface area contributed by atoms with Gasteiger partial charge in [0.25, 0.3) is 0 Å². The van der Waals surface area contributed by atoms with Crippen molar-refractivity contribution < 1.29 is 4.74 Å². The van der Waals surface area contributed by atoms with Gasteiger partial charge < -0.3 is 10.1 Å². The van der Waals surface area contributed by atoms with E-state index in [0.717, 1.165) is 24.0 Å². The molecule has 2 rings (SSSR count). The molecule has 0 aliphatic heterocycles. The molecule has 0 saturated heterocycles. The number of nitrogens with zero attached hydrogens (tertiary/aromatic N) is 1. The molecule has 3 nitrogen and oxygen atoms in total. The van der Waals surface area contributed by atoms with Gasteiger partial charge in [0, 0.05) is 25.0 Å². The molecule has 0 aromatic carbocycles. The predicted molar refractivity (Wildman–Crippen MR) is 78.6 cm³/mol. The Balaban J connectivity index is 1.80. The Bertz CT molecular complexity index is 393. The van der Waals surface area contributed by atoms with Gasteiger partial charge in [-0.3, -0.25) is 4.98 Å². The first-order chi connectivity index (χ1) is 9.22. The third-order valence-electron chi connectivity index (χ3n) is 3.94. The molecule has 0 amide bonds. The summed E-state index contributed by atoms with van der Waals surface area (Å²) in [5.74, 6) is 0.787. The summed E-state index contributed by atoms with van der Waals surface area (Å²) in [7, 11) is 2.03. The van der Waals surface area contributed by atoms with E-state index in [2.05, 4.69) is 17.2 Å².